The van der Waals surface area contributed by atoms with E-state index >= 15 is 0 Å². The van der Waals surface area contributed by atoms with Gasteiger partial charge in [0, 0.05) is 24.2 Å². The maximum absolute atomic E-state index is 12.5. The van der Waals surface area contributed by atoms with E-state index in [4.69, 9.17) is 16.3 Å². The molecule has 0 radical (unpaired) electrons. The number of carbonyl (C=O) groups is 1. The van der Waals surface area contributed by atoms with Crippen molar-refractivity contribution in [1.82, 2.24) is 5.32 Å². The number of sulfonamides is 1. The summed E-state index contributed by atoms with van der Waals surface area (Å²) in [6, 6.07) is 10.6. The molecule has 0 fully saturated rings. The van der Waals surface area contributed by atoms with Crippen molar-refractivity contribution >= 4 is 33.2 Å². The van der Waals surface area contributed by atoms with Gasteiger partial charge < -0.3 is 10.1 Å². The summed E-state index contributed by atoms with van der Waals surface area (Å²) in [6.45, 7) is 2.56. The number of carbonyl (C=O) groups excluding carboxylic acids is 1. The van der Waals surface area contributed by atoms with E-state index in [0.717, 1.165) is 5.56 Å². The predicted molar refractivity (Wildman–Crippen MR) is 97.6 cm³/mol. The number of anilines is 1. The van der Waals surface area contributed by atoms with Crippen molar-refractivity contribution in [1.29, 1.82) is 0 Å². The van der Waals surface area contributed by atoms with Gasteiger partial charge in [0.05, 0.1) is 17.2 Å². The Kier molecular flexibility index (Phi) is 6.41. The Bertz CT molecular complexity index is 851. The van der Waals surface area contributed by atoms with Crippen molar-refractivity contribution in [2.24, 2.45) is 0 Å². The van der Waals surface area contributed by atoms with Crippen molar-refractivity contribution in [2.75, 3.05) is 25.0 Å². The van der Waals surface area contributed by atoms with Crippen LogP contribution in [0.1, 0.15) is 15.9 Å². The molecule has 0 aliphatic heterocycles. The van der Waals surface area contributed by atoms with E-state index in [0.29, 0.717) is 29.4 Å². The third kappa shape index (κ3) is 5.19. The first-order chi connectivity index (χ1) is 11.8. The van der Waals surface area contributed by atoms with Gasteiger partial charge in [-0.1, -0.05) is 17.7 Å². The lowest BCUT2D eigenvalue weighted by Crippen LogP contribution is -2.26. The van der Waals surface area contributed by atoms with E-state index < -0.39 is 10.0 Å². The Balaban J connectivity index is 2.14. The summed E-state index contributed by atoms with van der Waals surface area (Å²) >= 11 is 5.91. The molecule has 0 atom stereocenters. The topological polar surface area (TPSA) is 84.5 Å². The molecule has 2 rings (SSSR count). The molecule has 0 bridgehead atoms. The smallest absolute Gasteiger partial charge is 0.261 e. The lowest BCUT2D eigenvalue weighted by molar-refractivity contribution is 0.0937. The van der Waals surface area contributed by atoms with Gasteiger partial charge in [0.15, 0.2) is 0 Å². The molecule has 0 aliphatic carbocycles. The van der Waals surface area contributed by atoms with Crippen molar-refractivity contribution in [3.05, 3.63) is 58.6 Å². The molecular formula is C17H19ClN2O4S. The Morgan fingerprint density at radius 2 is 1.84 bits per heavy atom. The minimum Gasteiger partial charge on any atom is -0.383 e. The highest BCUT2D eigenvalue weighted by Gasteiger charge is 2.16. The van der Waals surface area contributed by atoms with Gasteiger partial charge in [0.1, 0.15) is 0 Å². The molecule has 2 N–H and O–H groups in total. The molecule has 0 heterocycles. The van der Waals surface area contributed by atoms with Crippen LogP contribution in [0.25, 0.3) is 0 Å². The van der Waals surface area contributed by atoms with Crippen LogP contribution in [-0.4, -0.2) is 34.6 Å². The molecule has 2 aromatic carbocycles. The van der Waals surface area contributed by atoms with Crippen LogP contribution in [0.15, 0.2) is 47.4 Å². The van der Waals surface area contributed by atoms with E-state index in [1.54, 1.807) is 32.2 Å². The van der Waals surface area contributed by atoms with Gasteiger partial charge in [0.25, 0.3) is 15.9 Å². The number of halogens is 1. The van der Waals surface area contributed by atoms with Gasteiger partial charge in [0.2, 0.25) is 0 Å². The van der Waals surface area contributed by atoms with E-state index in [1.807, 2.05) is 0 Å². The van der Waals surface area contributed by atoms with E-state index in [1.165, 1.54) is 24.3 Å². The summed E-state index contributed by atoms with van der Waals surface area (Å²) in [5, 5.41) is 3.10. The molecule has 1 amide bonds. The van der Waals surface area contributed by atoms with Crippen LogP contribution in [0.4, 0.5) is 5.69 Å². The predicted octanol–water partition coefficient (Wildman–Crippen LogP) is 2.83. The third-order valence-corrected chi connectivity index (χ3v) is 5.08. The monoisotopic (exact) mass is 382 g/mol. The summed E-state index contributed by atoms with van der Waals surface area (Å²) in [4.78, 5) is 12.0. The molecule has 0 saturated carbocycles. The third-order valence-electron chi connectivity index (χ3n) is 3.46. The van der Waals surface area contributed by atoms with E-state index in [2.05, 4.69) is 10.0 Å². The molecule has 0 aromatic heterocycles. The molecule has 0 unspecified atom stereocenters. The highest BCUT2D eigenvalue weighted by Crippen LogP contribution is 2.23. The van der Waals surface area contributed by atoms with Crippen LogP contribution in [0, 0.1) is 6.92 Å². The fourth-order valence-electron chi connectivity index (χ4n) is 2.06. The number of amides is 1. The van der Waals surface area contributed by atoms with Crippen molar-refractivity contribution in [3.8, 4) is 0 Å². The zero-order chi connectivity index (χ0) is 18.4. The second kappa shape index (κ2) is 8.33. The van der Waals surface area contributed by atoms with Gasteiger partial charge in [-0.2, -0.15) is 0 Å². The second-order valence-electron chi connectivity index (χ2n) is 5.34. The Morgan fingerprint density at radius 3 is 2.48 bits per heavy atom. The lowest BCUT2D eigenvalue weighted by atomic mass is 10.2. The maximum Gasteiger partial charge on any atom is 0.261 e. The Hall–Kier alpha value is -2.09. The average molecular weight is 383 g/mol. The normalized spacial score (nSPS) is 11.2. The van der Waals surface area contributed by atoms with Crippen LogP contribution in [-0.2, 0) is 14.8 Å². The van der Waals surface area contributed by atoms with Gasteiger partial charge in [-0.3, -0.25) is 9.52 Å². The summed E-state index contributed by atoms with van der Waals surface area (Å²) in [7, 11) is -2.23. The number of aryl methyl sites for hydroxylation is 1. The maximum atomic E-state index is 12.5. The van der Waals surface area contributed by atoms with Gasteiger partial charge in [-0.25, -0.2) is 8.42 Å². The Labute approximate surface area is 152 Å². The zero-order valence-electron chi connectivity index (χ0n) is 13.9. The fourth-order valence-corrected chi connectivity index (χ4v) is 3.36. The van der Waals surface area contributed by atoms with Gasteiger partial charge >= 0.3 is 0 Å². The number of rotatable bonds is 7. The van der Waals surface area contributed by atoms with Crippen LogP contribution in [0.5, 0.6) is 0 Å². The molecular weight excluding hydrogens is 364 g/mol. The number of hydrogen-bond donors (Lipinski definition) is 2. The highest BCUT2D eigenvalue weighted by molar-refractivity contribution is 7.92. The molecule has 0 spiro atoms. The standard InChI is InChI=1S/C17H19ClN2O4S/c1-12-3-6-14(18)11-16(12)20-25(22,23)15-7-4-13(5-8-15)17(21)19-9-10-24-2/h3-8,11,20H,9-10H2,1-2H3,(H,19,21). The number of nitrogens with one attached hydrogen (secondary N) is 2. The quantitative estimate of drug-likeness (QED) is 0.721. The zero-order valence-corrected chi connectivity index (χ0v) is 15.4. The first kappa shape index (κ1) is 19.2. The van der Waals surface area contributed by atoms with Crippen LogP contribution < -0.4 is 10.0 Å². The molecule has 6 nitrogen and oxygen atoms in total. The number of ether oxygens (including phenoxy) is 1. The fraction of sp³-hybridized carbons (Fsp3) is 0.235. The molecule has 25 heavy (non-hydrogen) atoms. The molecule has 0 saturated heterocycles. The minimum atomic E-state index is -3.78. The van der Waals surface area contributed by atoms with E-state index in [-0.39, 0.29) is 10.8 Å². The molecule has 134 valence electrons. The van der Waals surface area contributed by atoms with Gasteiger partial charge in [-0.05, 0) is 48.9 Å². The first-order valence-electron chi connectivity index (χ1n) is 7.49. The number of methoxy groups -OCH3 is 1. The lowest BCUT2D eigenvalue weighted by Gasteiger charge is -2.11. The number of benzene rings is 2. The molecule has 0 aliphatic rings. The molecule has 2 aromatic rings. The van der Waals surface area contributed by atoms with Crippen molar-refractivity contribution in [2.45, 2.75) is 11.8 Å². The summed E-state index contributed by atoms with van der Waals surface area (Å²) in [5.41, 5.74) is 1.53. The van der Waals surface area contributed by atoms with Crippen LogP contribution in [0.3, 0.4) is 0 Å². The van der Waals surface area contributed by atoms with Crippen molar-refractivity contribution in [3.63, 3.8) is 0 Å². The van der Waals surface area contributed by atoms with Crippen LogP contribution in [0.2, 0.25) is 5.02 Å². The van der Waals surface area contributed by atoms with Crippen molar-refractivity contribution < 1.29 is 17.9 Å². The summed E-state index contributed by atoms with van der Waals surface area (Å²) in [6.07, 6.45) is 0. The average Bonchev–Trinajstić information content (AvgIpc) is 2.58. The highest BCUT2D eigenvalue weighted by atomic mass is 35.5. The summed E-state index contributed by atoms with van der Waals surface area (Å²) in [5.74, 6) is -0.292. The summed E-state index contributed by atoms with van der Waals surface area (Å²) < 4.78 is 32.3. The first-order valence-corrected chi connectivity index (χ1v) is 9.36. The van der Waals surface area contributed by atoms with Gasteiger partial charge in [-0.15, -0.1) is 0 Å². The van der Waals surface area contributed by atoms with E-state index in [9.17, 15) is 13.2 Å². The Morgan fingerprint density at radius 1 is 1.16 bits per heavy atom. The van der Waals surface area contributed by atoms with Crippen LogP contribution >= 0.6 is 11.6 Å². The SMILES string of the molecule is COCCNC(=O)c1ccc(S(=O)(=O)Nc2cc(Cl)ccc2C)cc1. The largest absolute Gasteiger partial charge is 0.383 e. The number of hydrogen-bond acceptors (Lipinski definition) is 4. The minimum absolute atomic E-state index is 0.0558. The molecule has 8 heteroatoms. The second-order valence-corrected chi connectivity index (χ2v) is 7.46.